The van der Waals surface area contributed by atoms with Gasteiger partial charge in [0.05, 0.1) is 11.8 Å². The number of nitrogens with zero attached hydrogens (tertiary/aromatic N) is 6. The van der Waals surface area contributed by atoms with Crippen molar-refractivity contribution in [3.8, 4) is 11.4 Å². The van der Waals surface area contributed by atoms with E-state index in [0.29, 0.717) is 38.3 Å². The molecule has 0 unspecified atom stereocenters. The molecule has 4 rings (SSSR count). The van der Waals surface area contributed by atoms with Crippen LogP contribution >= 0.6 is 22.9 Å². The van der Waals surface area contributed by atoms with Gasteiger partial charge in [0.1, 0.15) is 15.7 Å². The molecule has 0 bridgehead atoms. The maximum absolute atomic E-state index is 13.0. The molecule has 0 spiro atoms. The lowest BCUT2D eigenvalue weighted by Crippen LogP contribution is -2.48. The topological polar surface area (TPSA) is 104 Å². The van der Waals surface area contributed by atoms with Gasteiger partial charge in [-0.15, -0.1) is 11.3 Å². The van der Waals surface area contributed by atoms with Crippen LogP contribution in [0, 0.1) is 0 Å². The first-order chi connectivity index (χ1) is 14.0. The van der Waals surface area contributed by atoms with Crippen molar-refractivity contribution in [1.82, 2.24) is 29.4 Å². The minimum atomic E-state index is -0.925. The second-order valence-electron chi connectivity index (χ2n) is 6.70. The Labute approximate surface area is 175 Å². The highest BCUT2D eigenvalue weighted by atomic mass is 35.5. The summed E-state index contributed by atoms with van der Waals surface area (Å²) in [6.07, 6.45) is 3.75. The first-order valence-electron chi connectivity index (χ1n) is 9.22. The lowest BCUT2D eigenvalue weighted by Gasteiger charge is -2.36. The second kappa shape index (κ2) is 7.96. The third kappa shape index (κ3) is 3.77. The molecule has 0 saturated carbocycles. The third-order valence-electron chi connectivity index (χ3n) is 5.07. The van der Waals surface area contributed by atoms with E-state index in [0.717, 1.165) is 10.4 Å². The number of aromatic nitrogens is 4. The van der Waals surface area contributed by atoms with Crippen LogP contribution in [0.1, 0.15) is 30.3 Å². The van der Waals surface area contributed by atoms with Crippen LogP contribution in [-0.2, 0) is 0 Å². The molecule has 3 aromatic heterocycles. The Bertz CT molecular complexity index is 1060. The van der Waals surface area contributed by atoms with E-state index < -0.39 is 6.09 Å². The van der Waals surface area contributed by atoms with Crippen molar-refractivity contribution < 1.29 is 14.7 Å². The molecule has 29 heavy (non-hydrogen) atoms. The molecular weight excluding hydrogens is 416 g/mol. The number of likely N-dealkylation sites (tertiary alicyclic amines) is 1. The molecule has 152 valence electrons. The fourth-order valence-electron chi connectivity index (χ4n) is 3.62. The molecule has 1 aliphatic heterocycles. The molecule has 0 aromatic carbocycles. The fraction of sp³-hybridized carbons (Fsp3) is 0.389. The molecule has 2 amide bonds. The molecule has 3 aromatic rings. The second-order valence-corrected chi connectivity index (χ2v) is 7.98. The number of hydrogen-bond donors (Lipinski definition) is 1. The van der Waals surface area contributed by atoms with E-state index in [4.69, 9.17) is 11.6 Å². The van der Waals surface area contributed by atoms with E-state index in [-0.39, 0.29) is 22.8 Å². The van der Waals surface area contributed by atoms with E-state index in [1.54, 1.807) is 15.6 Å². The monoisotopic (exact) mass is 434 g/mol. The van der Waals surface area contributed by atoms with Gasteiger partial charge in [-0.1, -0.05) is 11.6 Å². The van der Waals surface area contributed by atoms with Crippen LogP contribution in [0.2, 0.25) is 5.15 Å². The fourth-order valence-corrected chi connectivity index (χ4v) is 4.60. The lowest BCUT2D eigenvalue weighted by atomic mass is 10.0. The number of thiazole rings is 1. The maximum atomic E-state index is 13.0. The van der Waals surface area contributed by atoms with E-state index in [1.807, 2.05) is 18.5 Å². The van der Waals surface area contributed by atoms with Gasteiger partial charge in [0.2, 0.25) is 0 Å². The van der Waals surface area contributed by atoms with Crippen molar-refractivity contribution in [1.29, 1.82) is 0 Å². The number of fused-ring (bicyclic) bond motifs is 1. The SMILES string of the molecule is CCN(C(=O)O)C1CCN(C(=O)c2cc(Cl)nc(-c3cnn4ccsc34)n2)CC1. The van der Waals surface area contributed by atoms with Crippen LogP contribution in [0.5, 0.6) is 0 Å². The standard InChI is InChI=1S/C18H19ClN6O3S/c1-2-24(18(27)28)11-3-5-23(6-4-11)16(26)13-9-14(19)22-15(21-13)12-10-20-25-7-8-29-17(12)25/h7-11H,2-6H2,1H3,(H,27,28). The number of carbonyl (C=O) groups is 2. The molecule has 1 saturated heterocycles. The number of halogens is 1. The Balaban J connectivity index is 1.53. The van der Waals surface area contributed by atoms with Gasteiger partial charge < -0.3 is 14.9 Å². The van der Waals surface area contributed by atoms with Crippen LogP contribution in [0.15, 0.2) is 23.8 Å². The molecule has 4 heterocycles. The average Bonchev–Trinajstić information content (AvgIpc) is 3.31. The minimum absolute atomic E-state index is 0.0781. The summed E-state index contributed by atoms with van der Waals surface area (Å²) in [7, 11) is 0. The van der Waals surface area contributed by atoms with Gasteiger partial charge in [-0.3, -0.25) is 4.79 Å². The molecule has 1 aliphatic rings. The summed E-state index contributed by atoms with van der Waals surface area (Å²) in [6, 6.07) is 1.38. The van der Waals surface area contributed by atoms with Gasteiger partial charge in [0.25, 0.3) is 5.91 Å². The summed E-state index contributed by atoms with van der Waals surface area (Å²) in [5, 5.41) is 15.6. The third-order valence-corrected chi connectivity index (χ3v) is 6.15. The highest BCUT2D eigenvalue weighted by Gasteiger charge is 2.30. The largest absolute Gasteiger partial charge is 0.465 e. The van der Waals surface area contributed by atoms with Crippen molar-refractivity contribution in [2.75, 3.05) is 19.6 Å². The van der Waals surface area contributed by atoms with E-state index in [2.05, 4.69) is 15.1 Å². The highest BCUT2D eigenvalue weighted by Crippen LogP contribution is 2.27. The number of carboxylic acid groups (broad SMARTS) is 1. The van der Waals surface area contributed by atoms with Crippen LogP contribution < -0.4 is 0 Å². The summed E-state index contributed by atoms with van der Waals surface area (Å²) in [4.78, 5) is 37.0. The van der Waals surface area contributed by atoms with Crippen LogP contribution in [0.3, 0.4) is 0 Å². The molecule has 0 aliphatic carbocycles. The van der Waals surface area contributed by atoms with Crippen molar-refractivity contribution >= 4 is 39.8 Å². The predicted molar refractivity (Wildman–Crippen MR) is 108 cm³/mol. The first-order valence-corrected chi connectivity index (χ1v) is 10.5. The first kappa shape index (κ1) is 19.6. The molecule has 0 atom stereocenters. The lowest BCUT2D eigenvalue weighted by molar-refractivity contribution is 0.0617. The highest BCUT2D eigenvalue weighted by molar-refractivity contribution is 7.16. The van der Waals surface area contributed by atoms with Crippen LogP contribution in [0.4, 0.5) is 4.79 Å². The van der Waals surface area contributed by atoms with Crippen molar-refractivity contribution in [3.05, 3.63) is 34.7 Å². The van der Waals surface area contributed by atoms with Crippen molar-refractivity contribution in [2.45, 2.75) is 25.8 Å². The van der Waals surface area contributed by atoms with Crippen LogP contribution in [0.25, 0.3) is 16.2 Å². The zero-order valence-corrected chi connectivity index (χ0v) is 17.2. The molecule has 11 heteroatoms. The number of amides is 2. The molecular formula is C18H19ClN6O3S. The minimum Gasteiger partial charge on any atom is -0.465 e. The normalized spacial score (nSPS) is 15.0. The van der Waals surface area contributed by atoms with Gasteiger partial charge in [-0.25, -0.2) is 19.3 Å². The zero-order chi connectivity index (χ0) is 20.5. The van der Waals surface area contributed by atoms with E-state index in [9.17, 15) is 14.7 Å². The van der Waals surface area contributed by atoms with Gasteiger partial charge >= 0.3 is 6.09 Å². The molecule has 1 N–H and O–H groups in total. The van der Waals surface area contributed by atoms with Crippen molar-refractivity contribution in [3.63, 3.8) is 0 Å². The Morgan fingerprint density at radius 2 is 2.10 bits per heavy atom. The van der Waals surface area contributed by atoms with E-state index in [1.165, 1.54) is 22.3 Å². The predicted octanol–water partition coefficient (Wildman–Crippen LogP) is 3.11. The summed E-state index contributed by atoms with van der Waals surface area (Å²) in [6.45, 7) is 3.18. The Hall–Kier alpha value is -2.72. The summed E-state index contributed by atoms with van der Waals surface area (Å²) >= 11 is 7.68. The van der Waals surface area contributed by atoms with E-state index >= 15 is 0 Å². The van der Waals surface area contributed by atoms with Crippen molar-refractivity contribution in [2.24, 2.45) is 0 Å². The average molecular weight is 435 g/mol. The molecule has 0 radical (unpaired) electrons. The Morgan fingerprint density at radius 3 is 2.79 bits per heavy atom. The summed E-state index contributed by atoms with van der Waals surface area (Å²) in [5.74, 6) is 0.123. The summed E-state index contributed by atoms with van der Waals surface area (Å²) < 4.78 is 1.72. The molecule has 9 nitrogen and oxygen atoms in total. The zero-order valence-electron chi connectivity index (χ0n) is 15.7. The number of hydrogen-bond acceptors (Lipinski definition) is 6. The Morgan fingerprint density at radius 1 is 1.34 bits per heavy atom. The smallest absolute Gasteiger partial charge is 0.407 e. The van der Waals surface area contributed by atoms with Gasteiger partial charge in [-0.2, -0.15) is 5.10 Å². The van der Waals surface area contributed by atoms with Gasteiger partial charge in [0.15, 0.2) is 5.82 Å². The number of piperidine rings is 1. The Kier molecular flexibility index (Phi) is 5.37. The quantitative estimate of drug-likeness (QED) is 0.632. The maximum Gasteiger partial charge on any atom is 0.407 e. The molecule has 1 fully saturated rings. The number of rotatable bonds is 4. The van der Waals surface area contributed by atoms with Crippen LogP contribution in [-0.4, -0.2) is 72.2 Å². The number of carbonyl (C=O) groups excluding carboxylic acids is 1. The van der Waals surface area contributed by atoms with Gasteiger partial charge in [-0.05, 0) is 19.8 Å². The summed E-state index contributed by atoms with van der Waals surface area (Å²) in [5.41, 5.74) is 0.940. The van der Waals surface area contributed by atoms with Gasteiger partial charge in [0, 0.05) is 43.3 Å².